The monoisotopic (exact) mass is 981 g/mol. The van der Waals surface area contributed by atoms with Crippen LogP contribution in [-0.2, 0) is 28.6 Å². The summed E-state index contributed by atoms with van der Waals surface area (Å²) < 4.78 is 16.8. The lowest BCUT2D eigenvalue weighted by Gasteiger charge is -2.18. The molecule has 0 amide bonds. The van der Waals surface area contributed by atoms with E-state index in [4.69, 9.17) is 14.2 Å². The molecule has 6 nitrogen and oxygen atoms in total. The molecule has 1 unspecified atom stereocenters. The van der Waals surface area contributed by atoms with Crippen LogP contribution in [0.1, 0.15) is 323 Å². The summed E-state index contributed by atoms with van der Waals surface area (Å²) in [6.45, 7) is 6.48. The van der Waals surface area contributed by atoms with Gasteiger partial charge in [0.15, 0.2) is 6.10 Å². The highest BCUT2D eigenvalue weighted by Gasteiger charge is 2.19. The van der Waals surface area contributed by atoms with E-state index >= 15 is 0 Å². The van der Waals surface area contributed by atoms with Crippen molar-refractivity contribution in [1.29, 1.82) is 0 Å². The van der Waals surface area contributed by atoms with Crippen molar-refractivity contribution in [2.24, 2.45) is 0 Å². The second-order valence-electron chi connectivity index (χ2n) is 20.6. The van der Waals surface area contributed by atoms with Crippen molar-refractivity contribution in [2.45, 2.75) is 329 Å². The largest absolute Gasteiger partial charge is 0.462 e. The molecule has 0 aromatic rings. The summed E-state index contributed by atoms with van der Waals surface area (Å²) >= 11 is 0. The number of unbranched alkanes of at least 4 members (excludes halogenated alkanes) is 37. The molecule has 70 heavy (non-hydrogen) atoms. The summed E-state index contributed by atoms with van der Waals surface area (Å²) in [7, 11) is 0. The van der Waals surface area contributed by atoms with E-state index in [1.165, 1.54) is 173 Å². The lowest BCUT2D eigenvalue weighted by atomic mass is 10.0. The Bertz CT molecular complexity index is 1220. The fourth-order valence-corrected chi connectivity index (χ4v) is 8.99. The van der Waals surface area contributed by atoms with Crippen LogP contribution in [0.4, 0.5) is 0 Å². The lowest BCUT2D eigenvalue weighted by Crippen LogP contribution is -2.30. The summed E-state index contributed by atoms with van der Waals surface area (Å²) in [5.74, 6) is -0.894. The van der Waals surface area contributed by atoms with Gasteiger partial charge in [-0.05, 0) is 70.6 Å². The van der Waals surface area contributed by atoms with Gasteiger partial charge < -0.3 is 14.2 Å². The highest BCUT2D eigenvalue weighted by Crippen LogP contribution is 2.17. The second-order valence-corrected chi connectivity index (χ2v) is 20.6. The van der Waals surface area contributed by atoms with Crippen LogP contribution in [0.2, 0.25) is 0 Å². The predicted octanol–water partition coefficient (Wildman–Crippen LogP) is 20.6. The molecular formula is C64H116O6. The summed E-state index contributed by atoms with van der Waals surface area (Å²) in [6.07, 6.45) is 72.8. The second kappa shape index (κ2) is 58.9. The Kier molecular flexibility index (Phi) is 56.7. The molecule has 0 saturated carbocycles. The number of allylic oxidation sites excluding steroid dienone is 8. The molecule has 0 aromatic carbocycles. The molecule has 6 heteroatoms. The van der Waals surface area contributed by atoms with Crippen molar-refractivity contribution < 1.29 is 28.6 Å². The average Bonchev–Trinajstić information content (AvgIpc) is 3.36. The Balaban J connectivity index is 4.14. The summed E-state index contributed by atoms with van der Waals surface area (Å²) in [6, 6.07) is 0. The van der Waals surface area contributed by atoms with E-state index < -0.39 is 6.10 Å². The van der Waals surface area contributed by atoms with Crippen LogP contribution in [0.3, 0.4) is 0 Å². The van der Waals surface area contributed by atoms with Crippen molar-refractivity contribution in [3.05, 3.63) is 48.6 Å². The molecule has 0 rings (SSSR count). The van der Waals surface area contributed by atoms with Crippen LogP contribution in [0.5, 0.6) is 0 Å². The number of carbonyl (C=O) groups excluding carboxylic acids is 3. The predicted molar refractivity (Wildman–Crippen MR) is 302 cm³/mol. The van der Waals surface area contributed by atoms with Crippen molar-refractivity contribution >= 4 is 17.9 Å². The van der Waals surface area contributed by atoms with Crippen molar-refractivity contribution in [3.8, 4) is 0 Å². The normalized spacial score (nSPS) is 12.3. The van der Waals surface area contributed by atoms with Crippen molar-refractivity contribution in [2.75, 3.05) is 13.2 Å². The summed E-state index contributed by atoms with van der Waals surface area (Å²) in [4.78, 5) is 38.1. The molecule has 0 aliphatic carbocycles. The molecule has 0 aliphatic rings. The zero-order chi connectivity index (χ0) is 50.7. The fraction of sp³-hybridized carbons (Fsp3) is 0.828. The molecular weight excluding hydrogens is 865 g/mol. The van der Waals surface area contributed by atoms with Crippen LogP contribution in [0.25, 0.3) is 0 Å². The van der Waals surface area contributed by atoms with E-state index in [-0.39, 0.29) is 31.1 Å². The molecule has 0 fully saturated rings. The number of carbonyl (C=O) groups is 3. The maximum Gasteiger partial charge on any atom is 0.306 e. The Hall–Kier alpha value is -2.63. The maximum absolute atomic E-state index is 12.8. The Labute approximate surface area is 435 Å². The van der Waals surface area contributed by atoms with Gasteiger partial charge in [0.2, 0.25) is 0 Å². The van der Waals surface area contributed by atoms with Gasteiger partial charge in [-0.2, -0.15) is 0 Å². The molecule has 0 aliphatic heterocycles. The Morgan fingerprint density at radius 1 is 0.300 bits per heavy atom. The first-order valence-electron chi connectivity index (χ1n) is 30.6. The molecule has 0 spiro atoms. The van der Waals surface area contributed by atoms with Crippen LogP contribution in [0.15, 0.2) is 48.6 Å². The Morgan fingerprint density at radius 3 is 0.943 bits per heavy atom. The first-order chi connectivity index (χ1) is 34.5. The summed E-state index contributed by atoms with van der Waals surface area (Å²) in [5, 5.41) is 0. The highest BCUT2D eigenvalue weighted by molar-refractivity contribution is 5.71. The van der Waals surface area contributed by atoms with Crippen LogP contribution in [-0.4, -0.2) is 37.2 Å². The van der Waals surface area contributed by atoms with Gasteiger partial charge in [0.25, 0.3) is 0 Å². The first-order valence-corrected chi connectivity index (χ1v) is 30.6. The zero-order valence-corrected chi connectivity index (χ0v) is 46.8. The quantitative estimate of drug-likeness (QED) is 0.0261. The first kappa shape index (κ1) is 67.4. The van der Waals surface area contributed by atoms with E-state index in [0.717, 1.165) is 109 Å². The number of rotatable bonds is 56. The Morgan fingerprint density at radius 2 is 0.586 bits per heavy atom. The minimum absolute atomic E-state index is 0.0801. The van der Waals surface area contributed by atoms with Gasteiger partial charge in [-0.15, -0.1) is 0 Å². The molecule has 0 N–H and O–H groups in total. The molecule has 1 atom stereocenters. The molecule has 0 aromatic heterocycles. The number of ether oxygens (including phenoxy) is 3. The summed E-state index contributed by atoms with van der Waals surface area (Å²) in [5.41, 5.74) is 0. The van der Waals surface area contributed by atoms with E-state index in [0.29, 0.717) is 19.3 Å². The van der Waals surface area contributed by atoms with Gasteiger partial charge in [0.1, 0.15) is 13.2 Å². The lowest BCUT2D eigenvalue weighted by molar-refractivity contribution is -0.167. The number of esters is 3. The van der Waals surface area contributed by atoms with Crippen LogP contribution >= 0.6 is 0 Å². The zero-order valence-electron chi connectivity index (χ0n) is 46.8. The van der Waals surface area contributed by atoms with E-state index in [9.17, 15) is 14.4 Å². The molecule has 0 saturated heterocycles. The standard InChI is InChI=1S/C64H116O6/c1-4-7-10-13-16-19-22-24-26-27-28-29-30-31-32-33-34-35-36-37-39-40-42-45-48-51-54-57-63(66)69-60-61(59-68-62(65)56-53-50-47-44-21-18-15-12-9-6-3)70-64(67)58-55-52-49-46-43-41-38-25-23-20-17-14-11-8-5-2/h8,11-12,15,17,20,25,38,61H,4-7,9-10,13-14,16,18-19,21-24,26-37,39-60H2,1-3H3/b11-8-,15-12-,20-17-,38-25-. The third kappa shape index (κ3) is 56.3. The average molecular weight is 982 g/mol. The van der Waals surface area contributed by atoms with Crippen LogP contribution in [0, 0.1) is 0 Å². The molecule has 408 valence electrons. The molecule has 0 radical (unpaired) electrons. The van der Waals surface area contributed by atoms with E-state index in [2.05, 4.69) is 69.4 Å². The van der Waals surface area contributed by atoms with Gasteiger partial charge in [0, 0.05) is 19.3 Å². The smallest absolute Gasteiger partial charge is 0.306 e. The minimum Gasteiger partial charge on any atom is -0.462 e. The minimum atomic E-state index is -0.783. The highest BCUT2D eigenvalue weighted by atomic mass is 16.6. The van der Waals surface area contributed by atoms with Gasteiger partial charge in [-0.3, -0.25) is 14.4 Å². The van der Waals surface area contributed by atoms with Crippen LogP contribution < -0.4 is 0 Å². The van der Waals surface area contributed by atoms with E-state index in [1.54, 1.807) is 0 Å². The third-order valence-corrected chi connectivity index (χ3v) is 13.5. The third-order valence-electron chi connectivity index (χ3n) is 13.5. The van der Waals surface area contributed by atoms with Gasteiger partial charge >= 0.3 is 17.9 Å². The number of hydrogen-bond donors (Lipinski definition) is 0. The van der Waals surface area contributed by atoms with Crippen molar-refractivity contribution in [3.63, 3.8) is 0 Å². The molecule has 0 heterocycles. The van der Waals surface area contributed by atoms with Crippen molar-refractivity contribution in [1.82, 2.24) is 0 Å². The maximum atomic E-state index is 12.8. The van der Waals surface area contributed by atoms with Gasteiger partial charge in [-0.25, -0.2) is 0 Å². The van der Waals surface area contributed by atoms with Gasteiger partial charge in [0.05, 0.1) is 0 Å². The molecule has 0 bridgehead atoms. The number of hydrogen-bond acceptors (Lipinski definition) is 6. The fourth-order valence-electron chi connectivity index (χ4n) is 8.99. The van der Waals surface area contributed by atoms with Gasteiger partial charge in [-0.1, -0.05) is 281 Å². The SMILES string of the molecule is CC/C=C\C/C=C\C/C=C\CCCCCCCC(=O)OC(COC(=O)CCCCCCC/C=C\CCC)COC(=O)CCCCCCCCCCCCCCCCCCCCCCCCCCCCC. The van der Waals surface area contributed by atoms with E-state index in [1.807, 2.05) is 0 Å². The topological polar surface area (TPSA) is 78.9 Å².